The van der Waals surface area contributed by atoms with E-state index in [9.17, 15) is 4.79 Å². The molecule has 172 valence electrons. The van der Waals surface area contributed by atoms with E-state index in [1.54, 1.807) is 12.3 Å². The van der Waals surface area contributed by atoms with Crippen molar-refractivity contribution in [1.29, 1.82) is 0 Å². The summed E-state index contributed by atoms with van der Waals surface area (Å²) in [5.74, 6) is 1.01. The minimum absolute atomic E-state index is 0.129. The van der Waals surface area contributed by atoms with E-state index in [2.05, 4.69) is 21.2 Å². The molecular weight excluding hydrogens is 475 g/mol. The average molecular weight is 495 g/mol. The molecule has 0 spiro atoms. The van der Waals surface area contributed by atoms with Crippen LogP contribution in [0.15, 0.2) is 36.5 Å². The Kier molecular flexibility index (Phi) is 4.93. The summed E-state index contributed by atoms with van der Waals surface area (Å²) in [5, 5.41) is 9.19. The summed E-state index contributed by atoms with van der Waals surface area (Å²) in [5.41, 5.74) is 5.40. The van der Waals surface area contributed by atoms with Crippen molar-refractivity contribution < 1.29 is 14.3 Å². The molecule has 0 radical (unpaired) electrons. The van der Waals surface area contributed by atoms with Crippen LogP contribution in [-0.4, -0.2) is 46.2 Å². The number of nitrogens with zero attached hydrogens (tertiary/aromatic N) is 3. The van der Waals surface area contributed by atoms with Crippen molar-refractivity contribution in [1.82, 2.24) is 20.1 Å². The monoisotopic (exact) mass is 494 g/mol. The fraction of sp³-hybridized carbons (Fsp3) is 0.240. The standard InChI is InChI=1S/C25H20Cl2N4O3/c1-33-19-9-20(34-2)23(27)21(22(19)26)18-8-17-16(10-28-18)24(30-29-17)12-3-6-15-13(7-12)11-31(25(15)32)14-4-5-14/h3,6-10,14H,4-5,11H2,1-2H3,(H,29,30). The lowest BCUT2D eigenvalue weighted by Gasteiger charge is -2.14. The molecule has 1 fully saturated rings. The summed E-state index contributed by atoms with van der Waals surface area (Å²) < 4.78 is 10.8. The minimum Gasteiger partial charge on any atom is -0.495 e. The molecular formula is C25H20Cl2N4O3. The fourth-order valence-electron chi connectivity index (χ4n) is 4.55. The number of hydrogen-bond acceptors (Lipinski definition) is 5. The molecule has 0 atom stereocenters. The van der Waals surface area contributed by atoms with Crippen LogP contribution in [0.4, 0.5) is 0 Å². The van der Waals surface area contributed by atoms with Gasteiger partial charge in [0.15, 0.2) is 0 Å². The number of amides is 1. The van der Waals surface area contributed by atoms with Crippen LogP contribution in [0, 0.1) is 0 Å². The van der Waals surface area contributed by atoms with E-state index < -0.39 is 0 Å². The third-order valence-electron chi connectivity index (χ3n) is 6.48. The molecule has 3 heterocycles. The molecule has 4 aromatic rings. The third-order valence-corrected chi connectivity index (χ3v) is 7.23. The number of carbonyl (C=O) groups is 1. The van der Waals surface area contributed by atoms with Gasteiger partial charge in [-0.25, -0.2) is 0 Å². The van der Waals surface area contributed by atoms with Gasteiger partial charge in [-0.3, -0.25) is 14.9 Å². The lowest BCUT2D eigenvalue weighted by Crippen LogP contribution is -2.25. The number of halogens is 2. The zero-order valence-corrected chi connectivity index (χ0v) is 20.0. The molecule has 1 saturated carbocycles. The number of pyridine rings is 1. The van der Waals surface area contributed by atoms with Crippen molar-refractivity contribution in [3.63, 3.8) is 0 Å². The smallest absolute Gasteiger partial charge is 0.254 e. The zero-order valence-electron chi connectivity index (χ0n) is 18.5. The van der Waals surface area contributed by atoms with Gasteiger partial charge in [0, 0.05) is 46.9 Å². The van der Waals surface area contributed by atoms with Crippen molar-refractivity contribution in [3.8, 4) is 34.0 Å². The molecule has 2 aliphatic rings. The first-order valence-corrected chi connectivity index (χ1v) is 11.6. The number of nitrogens with one attached hydrogen (secondary N) is 1. The van der Waals surface area contributed by atoms with Gasteiger partial charge in [0.25, 0.3) is 5.91 Å². The molecule has 1 aliphatic carbocycles. The summed E-state index contributed by atoms with van der Waals surface area (Å²) in [6.45, 7) is 0.659. The number of ether oxygens (including phenoxy) is 2. The van der Waals surface area contributed by atoms with Gasteiger partial charge in [0.2, 0.25) is 0 Å². The Labute approximate surface area is 205 Å². The quantitative estimate of drug-likeness (QED) is 0.382. The lowest BCUT2D eigenvalue weighted by atomic mass is 10.0. The molecule has 34 heavy (non-hydrogen) atoms. The van der Waals surface area contributed by atoms with Crippen molar-refractivity contribution >= 4 is 40.0 Å². The highest BCUT2D eigenvalue weighted by Gasteiger charge is 2.38. The van der Waals surface area contributed by atoms with Crippen LogP contribution in [0.3, 0.4) is 0 Å². The fourth-order valence-corrected chi connectivity index (χ4v) is 5.25. The van der Waals surface area contributed by atoms with E-state index in [1.807, 2.05) is 23.1 Å². The molecule has 0 unspecified atom stereocenters. The minimum atomic E-state index is 0.129. The number of fused-ring (bicyclic) bond motifs is 2. The van der Waals surface area contributed by atoms with E-state index in [0.717, 1.165) is 46.1 Å². The first-order chi connectivity index (χ1) is 16.5. The van der Waals surface area contributed by atoms with Gasteiger partial charge in [-0.1, -0.05) is 29.3 Å². The number of hydrogen-bond donors (Lipinski definition) is 1. The molecule has 7 nitrogen and oxygen atoms in total. The van der Waals surface area contributed by atoms with Gasteiger partial charge in [-0.2, -0.15) is 5.10 Å². The highest BCUT2D eigenvalue weighted by atomic mass is 35.5. The molecule has 0 saturated heterocycles. The lowest BCUT2D eigenvalue weighted by molar-refractivity contribution is 0.0766. The van der Waals surface area contributed by atoms with Crippen LogP contribution in [0.2, 0.25) is 10.0 Å². The summed E-state index contributed by atoms with van der Waals surface area (Å²) >= 11 is 13.1. The average Bonchev–Trinajstić information content (AvgIpc) is 3.52. The maximum atomic E-state index is 12.7. The van der Waals surface area contributed by atoms with Crippen LogP contribution in [0.25, 0.3) is 33.4 Å². The molecule has 0 bridgehead atoms. The Balaban J connectivity index is 1.41. The van der Waals surface area contributed by atoms with Gasteiger partial charge in [0.1, 0.15) is 17.2 Å². The van der Waals surface area contributed by atoms with Crippen LogP contribution >= 0.6 is 23.2 Å². The maximum Gasteiger partial charge on any atom is 0.254 e. The number of methoxy groups -OCH3 is 2. The second kappa shape index (κ2) is 7.89. The number of aromatic nitrogens is 3. The normalized spacial score (nSPS) is 15.2. The molecule has 6 rings (SSSR count). The highest BCUT2D eigenvalue weighted by Crippen LogP contribution is 2.46. The van der Waals surface area contributed by atoms with Gasteiger partial charge in [-0.15, -0.1) is 0 Å². The first-order valence-electron chi connectivity index (χ1n) is 10.9. The summed E-state index contributed by atoms with van der Waals surface area (Å²) in [6, 6.07) is 9.79. The number of aromatic amines is 1. The number of carbonyl (C=O) groups excluding carboxylic acids is 1. The second-order valence-corrected chi connectivity index (χ2v) is 9.26. The molecule has 1 N–H and O–H groups in total. The Morgan fingerprint density at radius 1 is 1.06 bits per heavy atom. The Morgan fingerprint density at radius 2 is 1.79 bits per heavy atom. The summed E-state index contributed by atoms with van der Waals surface area (Å²) in [7, 11) is 3.06. The maximum absolute atomic E-state index is 12.7. The predicted molar refractivity (Wildman–Crippen MR) is 131 cm³/mol. The largest absolute Gasteiger partial charge is 0.495 e. The molecule has 1 amide bonds. The van der Waals surface area contributed by atoms with E-state index in [4.69, 9.17) is 32.7 Å². The van der Waals surface area contributed by atoms with Gasteiger partial charge in [0.05, 0.1) is 35.5 Å². The number of H-pyrrole nitrogens is 1. The third kappa shape index (κ3) is 3.22. The summed E-state index contributed by atoms with van der Waals surface area (Å²) in [4.78, 5) is 19.3. The van der Waals surface area contributed by atoms with Crippen molar-refractivity contribution in [2.75, 3.05) is 14.2 Å². The van der Waals surface area contributed by atoms with Crippen LogP contribution in [0.5, 0.6) is 11.5 Å². The SMILES string of the molecule is COc1cc(OC)c(Cl)c(-c2cc3[nH]nc(-c4ccc5c(c4)CN(C4CC4)C5=O)c3cn2)c1Cl. The molecule has 2 aromatic heterocycles. The topological polar surface area (TPSA) is 80.3 Å². The Bertz CT molecular complexity index is 1450. The van der Waals surface area contributed by atoms with Gasteiger partial charge < -0.3 is 14.4 Å². The van der Waals surface area contributed by atoms with Crippen molar-refractivity contribution in [2.45, 2.75) is 25.4 Å². The molecule has 2 aromatic carbocycles. The second-order valence-electron chi connectivity index (χ2n) is 8.51. The zero-order chi connectivity index (χ0) is 23.6. The van der Waals surface area contributed by atoms with E-state index >= 15 is 0 Å². The first kappa shape index (κ1) is 21.3. The van der Waals surface area contributed by atoms with Crippen LogP contribution in [0.1, 0.15) is 28.8 Å². The Morgan fingerprint density at radius 3 is 2.47 bits per heavy atom. The molecule has 9 heteroatoms. The number of rotatable bonds is 5. The van der Waals surface area contributed by atoms with Crippen molar-refractivity contribution in [3.05, 3.63) is 57.7 Å². The van der Waals surface area contributed by atoms with Crippen LogP contribution < -0.4 is 9.47 Å². The highest BCUT2D eigenvalue weighted by molar-refractivity contribution is 6.41. The van der Waals surface area contributed by atoms with E-state index in [-0.39, 0.29) is 5.91 Å². The van der Waals surface area contributed by atoms with E-state index in [0.29, 0.717) is 45.4 Å². The van der Waals surface area contributed by atoms with Crippen molar-refractivity contribution in [2.24, 2.45) is 0 Å². The summed E-state index contributed by atoms with van der Waals surface area (Å²) in [6.07, 6.45) is 3.94. The Hall–Kier alpha value is -3.29. The molecule has 1 aliphatic heterocycles. The van der Waals surface area contributed by atoms with Gasteiger partial charge >= 0.3 is 0 Å². The van der Waals surface area contributed by atoms with Gasteiger partial charge in [-0.05, 0) is 36.6 Å². The predicted octanol–water partition coefficient (Wildman–Crippen LogP) is 5.73. The van der Waals surface area contributed by atoms with E-state index in [1.165, 1.54) is 14.2 Å². The number of benzene rings is 2. The van der Waals surface area contributed by atoms with Crippen LogP contribution in [-0.2, 0) is 6.54 Å².